The number of sulfonamides is 1. The van der Waals surface area contributed by atoms with Crippen LogP contribution in [-0.2, 0) is 19.5 Å². The van der Waals surface area contributed by atoms with Gasteiger partial charge in [-0.05, 0) is 72.4 Å². The molecule has 4 rings (SSSR count). The Labute approximate surface area is 239 Å². The number of rotatable bonds is 8. The molecule has 1 aromatic heterocycles. The quantitative estimate of drug-likeness (QED) is 0.376. The fourth-order valence-electron chi connectivity index (χ4n) is 5.04. The average Bonchev–Trinajstić information content (AvgIpc) is 3.29. The maximum absolute atomic E-state index is 13.5. The Morgan fingerprint density at radius 3 is 2.38 bits per heavy atom. The van der Waals surface area contributed by atoms with Crippen molar-refractivity contribution in [3.8, 4) is 10.4 Å². The number of nitrogens with zero attached hydrogens (tertiary/aromatic N) is 2. The summed E-state index contributed by atoms with van der Waals surface area (Å²) in [6.45, 7) is 9.64. The Morgan fingerprint density at radius 2 is 1.82 bits per heavy atom. The van der Waals surface area contributed by atoms with Gasteiger partial charge in [0.25, 0.3) is 0 Å². The van der Waals surface area contributed by atoms with E-state index in [4.69, 9.17) is 9.47 Å². The number of carboxylic acid groups (broad SMARTS) is 1. The fraction of sp³-hybridized carbons (Fsp3) is 0.593. The maximum atomic E-state index is 13.5. The summed E-state index contributed by atoms with van der Waals surface area (Å²) in [6.07, 6.45) is 2.87. The molecule has 0 unspecified atom stereocenters. The van der Waals surface area contributed by atoms with Crippen LogP contribution in [0.15, 0.2) is 29.3 Å². The average molecular weight is 595 g/mol. The summed E-state index contributed by atoms with van der Waals surface area (Å²) in [4.78, 5) is 30.9. The van der Waals surface area contributed by atoms with Gasteiger partial charge in [-0.15, -0.1) is 11.3 Å². The Bertz CT molecular complexity index is 1320. The highest BCUT2D eigenvalue weighted by molar-refractivity contribution is 7.89. The number of hydrogen-bond donors (Lipinski definition) is 3. The largest absolute Gasteiger partial charge is 0.465 e. The minimum absolute atomic E-state index is 0.0310. The minimum Gasteiger partial charge on any atom is -0.465 e. The topological polar surface area (TPSA) is 147 Å². The van der Waals surface area contributed by atoms with Crippen LogP contribution in [0.5, 0.6) is 0 Å². The van der Waals surface area contributed by atoms with E-state index in [1.165, 1.54) is 17.4 Å². The predicted molar refractivity (Wildman–Crippen MR) is 152 cm³/mol. The lowest BCUT2D eigenvalue weighted by molar-refractivity contribution is -0.0728. The van der Waals surface area contributed by atoms with Crippen molar-refractivity contribution in [3.63, 3.8) is 0 Å². The summed E-state index contributed by atoms with van der Waals surface area (Å²) >= 11 is 1.44. The zero-order chi connectivity index (χ0) is 29.2. The molecule has 1 aromatic carbocycles. The van der Waals surface area contributed by atoms with Gasteiger partial charge in [-0.2, -0.15) is 0 Å². The third kappa shape index (κ3) is 7.31. The van der Waals surface area contributed by atoms with Crippen LogP contribution in [0.1, 0.15) is 71.2 Å². The van der Waals surface area contributed by atoms with Crippen LogP contribution in [0, 0.1) is 0 Å². The number of ether oxygens (including phenoxy) is 2. The molecule has 1 aliphatic carbocycles. The van der Waals surface area contributed by atoms with E-state index in [-0.39, 0.29) is 29.0 Å². The highest BCUT2D eigenvalue weighted by atomic mass is 32.2. The summed E-state index contributed by atoms with van der Waals surface area (Å²) in [7, 11) is -3.96. The van der Waals surface area contributed by atoms with Crippen molar-refractivity contribution in [2.75, 3.05) is 18.5 Å². The number of amides is 2. The van der Waals surface area contributed by atoms with Gasteiger partial charge in [0.1, 0.15) is 0 Å². The molecule has 220 valence electrons. The Hall–Kier alpha value is -2.74. The standard InChI is InChI=1S/C27H38N4O7S2/c1-16(2)38-25(32)29-18-8-11-21(23(12-18)40(35,36)30-27(3,4)5)22-13-28-24(39-22)17-6-9-19(10-7-17)31(26(33)34)20-14-37-15-20/h8,11-13,16-17,19-20,30H,6-7,9-10,14-15H2,1-5H3,(H,29,32)(H,33,34). The lowest BCUT2D eigenvalue weighted by atomic mass is 9.85. The molecule has 0 bridgehead atoms. The molecule has 3 N–H and O–H groups in total. The number of hydrogen-bond acceptors (Lipinski definition) is 8. The number of thiazole rings is 1. The van der Waals surface area contributed by atoms with Gasteiger partial charge in [0, 0.05) is 34.9 Å². The normalized spacial score (nSPS) is 20.1. The van der Waals surface area contributed by atoms with Gasteiger partial charge in [-0.1, -0.05) is 6.07 Å². The molecular weight excluding hydrogens is 556 g/mol. The number of anilines is 1. The second-order valence-corrected chi connectivity index (χ2v) is 14.3. The lowest BCUT2D eigenvalue weighted by Crippen LogP contribution is -2.56. The Kier molecular flexibility index (Phi) is 9.08. The van der Waals surface area contributed by atoms with Crippen molar-refractivity contribution in [1.82, 2.24) is 14.6 Å². The van der Waals surface area contributed by atoms with Crippen LogP contribution in [0.2, 0.25) is 0 Å². The molecule has 2 heterocycles. The molecule has 11 nitrogen and oxygen atoms in total. The van der Waals surface area contributed by atoms with Crippen molar-refractivity contribution in [1.29, 1.82) is 0 Å². The first-order valence-electron chi connectivity index (χ1n) is 13.4. The van der Waals surface area contributed by atoms with Gasteiger partial charge in [-0.25, -0.2) is 27.7 Å². The van der Waals surface area contributed by atoms with E-state index >= 15 is 0 Å². The highest BCUT2D eigenvalue weighted by Crippen LogP contribution is 2.41. The van der Waals surface area contributed by atoms with E-state index in [1.54, 1.807) is 57.8 Å². The van der Waals surface area contributed by atoms with Crippen LogP contribution in [0.4, 0.5) is 15.3 Å². The first kappa shape index (κ1) is 30.2. The van der Waals surface area contributed by atoms with Gasteiger partial charge in [0.2, 0.25) is 10.0 Å². The number of aromatic nitrogens is 1. The van der Waals surface area contributed by atoms with Crippen molar-refractivity contribution >= 4 is 39.2 Å². The molecule has 0 atom stereocenters. The molecule has 0 spiro atoms. The Morgan fingerprint density at radius 1 is 1.15 bits per heavy atom. The van der Waals surface area contributed by atoms with E-state index in [1.807, 2.05) is 0 Å². The van der Waals surface area contributed by atoms with E-state index in [2.05, 4.69) is 15.0 Å². The van der Waals surface area contributed by atoms with Crippen LogP contribution in [0.3, 0.4) is 0 Å². The van der Waals surface area contributed by atoms with Gasteiger partial charge >= 0.3 is 12.2 Å². The van der Waals surface area contributed by atoms with Crippen LogP contribution in [-0.4, -0.2) is 72.5 Å². The molecule has 0 radical (unpaired) electrons. The van der Waals surface area contributed by atoms with Crippen molar-refractivity contribution < 1.29 is 32.6 Å². The van der Waals surface area contributed by atoms with Gasteiger partial charge in [0.15, 0.2) is 0 Å². The zero-order valence-corrected chi connectivity index (χ0v) is 25.1. The fourth-order valence-corrected chi connectivity index (χ4v) is 7.90. The summed E-state index contributed by atoms with van der Waals surface area (Å²) in [5.74, 6) is 0.169. The van der Waals surface area contributed by atoms with Crippen molar-refractivity contribution in [3.05, 3.63) is 29.4 Å². The van der Waals surface area contributed by atoms with E-state index < -0.39 is 27.7 Å². The molecular formula is C27H38N4O7S2. The maximum Gasteiger partial charge on any atom is 0.411 e. The number of carbonyl (C=O) groups excluding carboxylic acids is 1. The molecule has 1 aliphatic heterocycles. The zero-order valence-electron chi connectivity index (χ0n) is 23.5. The van der Waals surface area contributed by atoms with Crippen LogP contribution >= 0.6 is 11.3 Å². The SMILES string of the molecule is CC(C)OC(=O)Nc1ccc(-c2cnc(C3CCC(N(C(=O)O)C4COC4)CC3)s2)c(S(=O)(=O)NC(C)(C)C)c1. The second kappa shape index (κ2) is 12.0. The van der Waals surface area contributed by atoms with E-state index in [0.717, 1.165) is 30.7 Å². The van der Waals surface area contributed by atoms with Gasteiger partial charge in [-0.3, -0.25) is 10.2 Å². The number of nitrogens with one attached hydrogen (secondary N) is 2. The molecule has 2 aliphatic rings. The van der Waals surface area contributed by atoms with Crippen LogP contribution in [0.25, 0.3) is 10.4 Å². The first-order chi connectivity index (χ1) is 18.7. The third-order valence-electron chi connectivity index (χ3n) is 6.76. The molecule has 1 saturated carbocycles. The molecule has 1 saturated heterocycles. The number of carbonyl (C=O) groups is 2. The molecule has 2 aromatic rings. The van der Waals surface area contributed by atoms with Crippen molar-refractivity contribution in [2.45, 2.75) is 94.8 Å². The van der Waals surface area contributed by atoms with Crippen molar-refractivity contribution in [2.24, 2.45) is 0 Å². The summed E-state index contributed by atoms with van der Waals surface area (Å²) < 4.78 is 40.0. The van der Waals surface area contributed by atoms with Crippen LogP contribution < -0.4 is 10.0 Å². The predicted octanol–water partition coefficient (Wildman–Crippen LogP) is 5.25. The smallest absolute Gasteiger partial charge is 0.411 e. The first-order valence-corrected chi connectivity index (χ1v) is 15.7. The van der Waals surface area contributed by atoms with Gasteiger partial charge in [0.05, 0.1) is 40.1 Å². The summed E-state index contributed by atoms with van der Waals surface area (Å²) in [5.41, 5.74) is 0.0638. The molecule has 40 heavy (non-hydrogen) atoms. The number of benzene rings is 1. The lowest BCUT2D eigenvalue weighted by Gasteiger charge is -2.42. The second-order valence-electron chi connectivity index (χ2n) is 11.6. The minimum atomic E-state index is -3.96. The molecule has 2 fully saturated rings. The monoisotopic (exact) mass is 594 g/mol. The molecule has 2 amide bonds. The van der Waals surface area contributed by atoms with E-state index in [0.29, 0.717) is 29.3 Å². The van der Waals surface area contributed by atoms with E-state index in [9.17, 15) is 23.1 Å². The molecule has 13 heteroatoms. The third-order valence-corrected chi connectivity index (χ3v) is 9.75. The Balaban J connectivity index is 1.56. The summed E-state index contributed by atoms with van der Waals surface area (Å²) in [6, 6.07) is 4.63. The van der Waals surface area contributed by atoms with Gasteiger partial charge < -0.3 is 14.6 Å². The summed E-state index contributed by atoms with van der Waals surface area (Å²) in [5, 5.41) is 13.2. The highest BCUT2D eigenvalue weighted by Gasteiger charge is 2.38.